The predicted octanol–water partition coefficient (Wildman–Crippen LogP) is 1.33. The Bertz CT molecular complexity index is 327. The molecular weight excluding hydrogens is 220 g/mol. The standard InChI is InChI=1S/C13H18O4/c1-15-11-7-8-16-13(12(11)14)17-9-10-5-3-2-4-6-10/h2-6,11-14H,7-9H2,1H3/t11-,12+,13+/m1/s1. The van der Waals surface area contributed by atoms with E-state index in [0.717, 1.165) is 5.56 Å². The number of aliphatic hydroxyl groups is 1. The van der Waals surface area contributed by atoms with Crippen molar-refractivity contribution >= 4 is 0 Å². The van der Waals surface area contributed by atoms with Gasteiger partial charge >= 0.3 is 0 Å². The molecule has 17 heavy (non-hydrogen) atoms. The van der Waals surface area contributed by atoms with Gasteiger partial charge in [0.15, 0.2) is 6.29 Å². The molecule has 4 nitrogen and oxygen atoms in total. The SMILES string of the molecule is CO[C@@H]1CCO[C@@H](OCc2ccccc2)[C@H]1O. The molecule has 1 aliphatic rings. The molecule has 0 amide bonds. The number of ether oxygens (including phenoxy) is 3. The van der Waals surface area contributed by atoms with E-state index in [1.54, 1.807) is 7.11 Å². The van der Waals surface area contributed by atoms with Crippen molar-refractivity contribution in [2.45, 2.75) is 31.5 Å². The van der Waals surface area contributed by atoms with Crippen LogP contribution in [-0.2, 0) is 20.8 Å². The minimum atomic E-state index is -0.725. The lowest BCUT2D eigenvalue weighted by atomic mass is 10.1. The van der Waals surface area contributed by atoms with Crippen molar-refractivity contribution in [1.82, 2.24) is 0 Å². The molecule has 1 saturated heterocycles. The molecule has 2 rings (SSSR count). The van der Waals surface area contributed by atoms with Crippen LogP contribution in [0.25, 0.3) is 0 Å². The highest BCUT2D eigenvalue weighted by atomic mass is 16.7. The summed E-state index contributed by atoms with van der Waals surface area (Å²) in [4.78, 5) is 0. The molecular formula is C13H18O4. The second-order valence-corrected chi connectivity index (χ2v) is 4.09. The highest BCUT2D eigenvalue weighted by molar-refractivity contribution is 5.13. The Morgan fingerprint density at radius 1 is 1.35 bits per heavy atom. The van der Waals surface area contributed by atoms with E-state index in [1.807, 2.05) is 30.3 Å². The van der Waals surface area contributed by atoms with Gasteiger partial charge in [0.1, 0.15) is 6.10 Å². The van der Waals surface area contributed by atoms with E-state index >= 15 is 0 Å². The van der Waals surface area contributed by atoms with Gasteiger partial charge in [-0.15, -0.1) is 0 Å². The second kappa shape index (κ2) is 6.12. The van der Waals surface area contributed by atoms with Gasteiger partial charge < -0.3 is 19.3 Å². The number of rotatable bonds is 4. The summed E-state index contributed by atoms with van der Waals surface area (Å²) in [5.41, 5.74) is 1.06. The smallest absolute Gasteiger partial charge is 0.186 e. The minimum Gasteiger partial charge on any atom is -0.385 e. The first-order chi connectivity index (χ1) is 8.31. The third kappa shape index (κ3) is 3.26. The lowest BCUT2D eigenvalue weighted by Crippen LogP contribution is -2.46. The van der Waals surface area contributed by atoms with Crippen LogP contribution >= 0.6 is 0 Å². The van der Waals surface area contributed by atoms with Crippen LogP contribution in [0.1, 0.15) is 12.0 Å². The Morgan fingerprint density at radius 2 is 2.12 bits per heavy atom. The van der Waals surface area contributed by atoms with Crippen LogP contribution in [0.3, 0.4) is 0 Å². The summed E-state index contributed by atoms with van der Waals surface area (Å²) in [7, 11) is 1.59. The molecule has 94 valence electrons. The van der Waals surface area contributed by atoms with Gasteiger partial charge in [-0.3, -0.25) is 0 Å². The number of aliphatic hydroxyl groups excluding tert-OH is 1. The summed E-state index contributed by atoms with van der Waals surface area (Å²) >= 11 is 0. The van der Waals surface area contributed by atoms with E-state index < -0.39 is 12.4 Å². The molecule has 1 heterocycles. The Hall–Kier alpha value is -0.940. The van der Waals surface area contributed by atoms with E-state index in [1.165, 1.54) is 0 Å². The van der Waals surface area contributed by atoms with Crippen LogP contribution in [0.2, 0.25) is 0 Å². The van der Waals surface area contributed by atoms with Gasteiger partial charge in [-0.2, -0.15) is 0 Å². The molecule has 1 aromatic carbocycles. The van der Waals surface area contributed by atoms with E-state index in [2.05, 4.69) is 0 Å². The van der Waals surface area contributed by atoms with Gasteiger partial charge in [-0.05, 0) is 12.0 Å². The minimum absolute atomic E-state index is 0.204. The zero-order valence-electron chi connectivity index (χ0n) is 9.91. The van der Waals surface area contributed by atoms with Crippen molar-refractivity contribution in [3.8, 4) is 0 Å². The number of hydrogen-bond acceptors (Lipinski definition) is 4. The summed E-state index contributed by atoms with van der Waals surface area (Å²) in [6, 6.07) is 9.81. The summed E-state index contributed by atoms with van der Waals surface area (Å²) in [6.07, 6.45) is -0.834. The molecule has 1 aromatic rings. The van der Waals surface area contributed by atoms with E-state index in [-0.39, 0.29) is 6.10 Å². The molecule has 0 aliphatic carbocycles. The van der Waals surface area contributed by atoms with Gasteiger partial charge in [0.25, 0.3) is 0 Å². The topological polar surface area (TPSA) is 47.9 Å². The van der Waals surface area contributed by atoms with E-state index in [4.69, 9.17) is 14.2 Å². The van der Waals surface area contributed by atoms with E-state index in [0.29, 0.717) is 19.6 Å². The third-order valence-electron chi connectivity index (χ3n) is 2.90. The van der Waals surface area contributed by atoms with Crippen LogP contribution < -0.4 is 0 Å². The maximum Gasteiger partial charge on any atom is 0.186 e. The molecule has 0 bridgehead atoms. The quantitative estimate of drug-likeness (QED) is 0.859. The van der Waals surface area contributed by atoms with Gasteiger partial charge in [0, 0.05) is 7.11 Å². The Labute approximate surface area is 101 Å². The summed E-state index contributed by atoms with van der Waals surface area (Å²) in [5, 5.41) is 9.93. The molecule has 0 unspecified atom stereocenters. The maximum absolute atomic E-state index is 9.93. The van der Waals surface area contributed by atoms with Crippen LogP contribution in [0.15, 0.2) is 30.3 Å². The number of methoxy groups -OCH3 is 1. The molecule has 0 spiro atoms. The zero-order valence-corrected chi connectivity index (χ0v) is 9.91. The maximum atomic E-state index is 9.93. The highest BCUT2D eigenvalue weighted by Crippen LogP contribution is 2.19. The largest absolute Gasteiger partial charge is 0.385 e. The van der Waals surface area contributed by atoms with Crippen molar-refractivity contribution in [3.05, 3.63) is 35.9 Å². The Balaban J connectivity index is 1.86. The van der Waals surface area contributed by atoms with Crippen LogP contribution in [-0.4, -0.2) is 37.3 Å². The predicted molar refractivity (Wildman–Crippen MR) is 62.4 cm³/mol. The van der Waals surface area contributed by atoms with Crippen molar-refractivity contribution in [3.63, 3.8) is 0 Å². The first-order valence-electron chi connectivity index (χ1n) is 5.79. The lowest BCUT2D eigenvalue weighted by Gasteiger charge is -2.33. The molecule has 1 fully saturated rings. The van der Waals surface area contributed by atoms with Crippen LogP contribution in [0.4, 0.5) is 0 Å². The fourth-order valence-corrected chi connectivity index (χ4v) is 1.90. The average Bonchev–Trinajstić information content (AvgIpc) is 2.39. The Morgan fingerprint density at radius 3 is 2.82 bits per heavy atom. The third-order valence-corrected chi connectivity index (χ3v) is 2.90. The summed E-state index contributed by atoms with van der Waals surface area (Å²) in [5.74, 6) is 0. The molecule has 4 heteroatoms. The molecule has 0 aromatic heterocycles. The second-order valence-electron chi connectivity index (χ2n) is 4.09. The normalized spacial score (nSPS) is 29.2. The molecule has 0 saturated carbocycles. The summed E-state index contributed by atoms with van der Waals surface area (Å²) in [6.45, 7) is 0.980. The van der Waals surface area contributed by atoms with E-state index in [9.17, 15) is 5.11 Å². The first-order valence-corrected chi connectivity index (χ1v) is 5.79. The molecule has 0 radical (unpaired) electrons. The molecule has 3 atom stereocenters. The Kier molecular flexibility index (Phi) is 4.50. The van der Waals surface area contributed by atoms with Gasteiger partial charge in [-0.25, -0.2) is 0 Å². The monoisotopic (exact) mass is 238 g/mol. The van der Waals surface area contributed by atoms with Crippen LogP contribution in [0, 0.1) is 0 Å². The lowest BCUT2D eigenvalue weighted by molar-refractivity contribution is -0.250. The van der Waals surface area contributed by atoms with Crippen molar-refractivity contribution in [1.29, 1.82) is 0 Å². The first kappa shape index (κ1) is 12.5. The van der Waals surface area contributed by atoms with Gasteiger partial charge in [0.2, 0.25) is 0 Å². The number of benzene rings is 1. The fourth-order valence-electron chi connectivity index (χ4n) is 1.90. The summed E-state index contributed by atoms with van der Waals surface area (Å²) < 4.78 is 16.1. The van der Waals surface area contributed by atoms with Gasteiger partial charge in [-0.1, -0.05) is 30.3 Å². The van der Waals surface area contributed by atoms with Crippen molar-refractivity contribution in [2.75, 3.05) is 13.7 Å². The molecule has 1 N–H and O–H groups in total. The zero-order chi connectivity index (χ0) is 12.1. The van der Waals surface area contributed by atoms with Crippen molar-refractivity contribution < 1.29 is 19.3 Å². The fraction of sp³-hybridized carbons (Fsp3) is 0.538. The molecule has 1 aliphatic heterocycles. The highest BCUT2D eigenvalue weighted by Gasteiger charge is 2.33. The van der Waals surface area contributed by atoms with Crippen molar-refractivity contribution in [2.24, 2.45) is 0 Å². The average molecular weight is 238 g/mol. The van der Waals surface area contributed by atoms with Crippen LogP contribution in [0.5, 0.6) is 0 Å². The number of hydrogen-bond donors (Lipinski definition) is 1. The van der Waals surface area contributed by atoms with Gasteiger partial charge in [0.05, 0.1) is 19.3 Å².